The van der Waals surface area contributed by atoms with Gasteiger partial charge in [0, 0.05) is 19.0 Å². The van der Waals surface area contributed by atoms with Crippen molar-refractivity contribution in [3.63, 3.8) is 0 Å². The smallest absolute Gasteiger partial charge is 0.289 e. The summed E-state index contributed by atoms with van der Waals surface area (Å²) in [6, 6.07) is 10.3. The molecule has 2 atom stereocenters. The van der Waals surface area contributed by atoms with Crippen LogP contribution in [0.15, 0.2) is 52.0 Å². The molecule has 1 aromatic carbocycles. The van der Waals surface area contributed by atoms with Crippen LogP contribution in [0.2, 0.25) is 0 Å². The van der Waals surface area contributed by atoms with E-state index < -0.39 is 15.1 Å². The number of hydrogen-bond donors (Lipinski definition) is 0. The third-order valence-corrected chi connectivity index (χ3v) is 6.57. The molecular weight excluding hydrogens is 290 g/mol. The molecule has 21 heavy (non-hydrogen) atoms. The Morgan fingerprint density at radius 2 is 1.95 bits per heavy atom. The Morgan fingerprint density at radius 1 is 1.14 bits per heavy atom. The van der Waals surface area contributed by atoms with Gasteiger partial charge >= 0.3 is 0 Å². The molecule has 2 aliphatic rings. The van der Waals surface area contributed by atoms with Gasteiger partial charge in [0.2, 0.25) is 0 Å². The van der Waals surface area contributed by atoms with Crippen LogP contribution in [0.1, 0.15) is 22.0 Å². The van der Waals surface area contributed by atoms with Crippen molar-refractivity contribution >= 4 is 15.7 Å². The predicted octanol–water partition coefficient (Wildman–Crippen LogP) is 1.68. The van der Waals surface area contributed by atoms with Crippen LogP contribution in [-0.2, 0) is 9.84 Å². The van der Waals surface area contributed by atoms with E-state index in [9.17, 15) is 13.2 Å². The summed E-state index contributed by atoms with van der Waals surface area (Å²) < 4.78 is 30.2. The third kappa shape index (κ3) is 1.68. The number of nitrogens with zero attached hydrogens (tertiary/aromatic N) is 1. The first-order valence-electron chi connectivity index (χ1n) is 6.74. The number of hydrogen-bond acceptors (Lipinski definition) is 4. The number of amides is 1. The van der Waals surface area contributed by atoms with Gasteiger partial charge in [0.25, 0.3) is 5.91 Å². The number of rotatable bonds is 1. The van der Waals surface area contributed by atoms with Crippen LogP contribution in [0.3, 0.4) is 0 Å². The van der Waals surface area contributed by atoms with Crippen molar-refractivity contribution < 1.29 is 17.6 Å². The van der Waals surface area contributed by atoms with E-state index in [0.717, 1.165) is 5.56 Å². The number of fused-ring (bicyclic) bond motifs is 3. The Hall–Kier alpha value is -2.08. The maximum absolute atomic E-state index is 12.6. The molecule has 108 valence electrons. The summed E-state index contributed by atoms with van der Waals surface area (Å²) in [4.78, 5) is 14.3. The van der Waals surface area contributed by atoms with Crippen molar-refractivity contribution in [3.8, 4) is 0 Å². The van der Waals surface area contributed by atoms with E-state index >= 15 is 0 Å². The zero-order valence-electron chi connectivity index (χ0n) is 11.1. The molecule has 0 N–H and O–H groups in total. The van der Waals surface area contributed by atoms with Crippen molar-refractivity contribution in [2.45, 2.75) is 16.1 Å². The molecule has 0 radical (unpaired) electrons. The summed E-state index contributed by atoms with van der Waals surface area (Å²) in [5, 5.41) is -0.534. The van der Waals surface area contributed by atoms with Gasteiger partial charge in [-0.3, -0.25) is 4.79 Å². The van der Waals surface area contributed by atoms with E-state index in [2.05, 4.69) is 0 Å². The topological polar surface area (TPSA) is 67.6 Å². The molecule has 4 rings (SSSR count). The molecule has 0 bridgehead atoms. The van der Waals surface area contributed by atoms with Crippen molar-refractivity contribution in [2.24, 2.45) is 0 Å². The third-order valence-electron chi connectivity index (χ3n) is 4.31. The monoisotopic (exact) mass is 303 g/mol. The highest BCUT2D eigenvalue weighted by Gasteiger charge is 2.51. The molecule has 1 aromatic heterocycles. The molecule has 6 heteroatoms. The Balaban J connectivity index is 1.70. The average Bonchev–Trinajstić information content (AvgIpc) is 3.18. The van der Waals surface area contributed by atoms with Crippen LogP contribution < -0.4 is 0 Å². The zero-order chi connectivity index (χ0) is 14.6. The van der Waals surface area contributed by atoms with E-state index in [1.165, 1.54) is 6.26 Å². The van der Waals surface area contributed by atoms with Crippen LogP contribution in [-0.4, -0.2) is 37.6 Å². The first kappa shape index (κ1) is 12.6. The van der Waals surface area contributed by atoms with Crippen LogP contribution in [0.25, 0.3) is 0 Å². The van der Waals surface area contributed by atoms with E-state index in [0.29, 0.717) is 11.4 Å². The molecule has 5 nitrogen and oxygen atoms in total. The van der Waals surface area contributed by atoms with Gasteiger partial charge in [-0.2, -0.15) is 0 Å². The van der Waals surface area contributed by atoms with Gasteiger partial charge < -0.3 is 9.32 Å². The van der Waals surface area contributed by atoms with Crippen LogP contribution in [0.5, 0.6) is 0 Å². The lowest BCUT2D eigenvalue weighted by atomic mass is 9.99. The van der Waals surface area contributed by atoms with Gasteiger partial charge in [0.05, 0.1) is 16.4 Å². The lowest BCUT2D eigenvalue weighted by Crippen LogP contribution is -2.31. The molecule has 2 aromatic rings. The summed E-state index contributed by atoms with van der Waals surface area (Å²) in [5.74, 6) is -0.132. The lowest BCUT2D eigenvalue weighted by molar-refractivity contribution is 0.0759. The van der Waals surface area contributed by atoms with Crippen molar-refractivity contribution in [1.29, 1.82) is 0 Å². The van der Waals surface area contributed by atoms with Gasteiger partial charge in [-0.1, -0.05) is 18.2 Å². The largest absolute Gasteiger partial charge is 0.459 e. The van der Waals surface area contributed by atoms with Crippen LogP contribution in [0, 0.1) is 0 Å². The fraction of sp³-hybridized carbons (Fsp3) is 0.267. The SMILES string of the molecule is O=C(c1ccco1)N1CC2c3ccccc3S(=O)(=O)C2C1. The summed E-state index contributed by atoms with van der Waals surface area (Å²) in [6.07, 6.45) is 1.44. The van der Waals surface area contributed by atoms with E-state index in [4.69, 9.17) is 4.42 Å². The number of carbonyl (C=O) groups excluding carboxylic acids is 1. The van der Waals surface area contributed by atoms with E-state index in [1.807, 2.05) is 12.1 Å². The fourth-order valence-corrected chi connectivity index (χ4v) is 5.50. The summed E-state index contributed by atoms with van der Waals surface area (Å²) in [7, 11) is -3.34. The highest BCUT2D eigenvalue weighted by atomic mass is 32.2. The number of furan rings is 1. The second-order valence-corrected chi connectivity index (χ2v) is 7.55. The van der Waals surface area contributed by atoms with Gasteiger partial charge in [-0.05, 0) is 23.8 Å². The fourth-order valence-electron chi connectivity index (χ4n) is 3.32. The second kappa shape index (κ2) is 4.21. The number of benzene rings is 1. The van der Waals surface area contributed by atoms with Crippen molar-refractivity contribution in [1.82, 2.24) is 4.90 Å². The van der Waals surface area contributed by atoms with Gasteiger partial charge in [-0.25, -0.2) is 8.42 Å². The molecular formula is C15H13NO4S. The molecule has 1 amide bonds. The molecule has 1 saturated heterocycles. The number of likely N-dealkylation sites (tertiary alicyclic amines) is 1. The minimum absolute atomic E-state index is 0.134. The van der Waals surface area contributed by atoms with Crippen LogP contribution in [0.4, 0.5) is 0 Å². The number of sulfone groups is 1. The molecule has 1 fully saturated rings. The predicted molar refractivity (Wildman–Crippen MR) is 74.8 cm³/mol. The highest BCUT2D eigenvalue weighted by Crippen LogP contribution is 2.44. The van der Waals surface area contributed by atoms with Gasteiger partial charge in [-0.15, -0.1) is 0 Å². The summed E-state index contributed by atoms with van der Waals surface area (Å²) >= 11 is 0. The van der Waals surface area contributed by atoms with Crippen molar-refractivity contribution in [2.75, 3.05) is 13.1 Å². The first-order chi connectivity index (χ1) is 10.1. The molecule has 2 unspecified atom stereocenters. The number of carbonyl (C=O) groups is 1. The lowest BCUT2D eigenvalue weighted by Gasteiger charge is -2.16. The maximum Gasteiger partial charge on any atom is 0.289 e. The highest BCUT2D eigenvalue weighted by molar-refractivity contribution is 7.92. The quantitative estimate of drug-likeness (QED) is 0.804. The molecule has 0 aliphatic carbocycles. The summed E-state index contributed by atoms with van der Waals surface area (Å²) in [6.45, 7) is 0.641. The van der Waals surface area contributed by atoms with Gasteiger partial charge in [0.15, 0.2) is 15.6 Å². The Kier molecular flexibility index (Phi) is 2.53. The average molecular weight is 303 g/mol. The zero-order valence-corrected chi connectivity index (χ0v) is 11.9. The van der Waals surface area contributed by atoms with Gasteiger partial charge in [0.1, 0.15) is 0 Å². The normalized spacial score (nSPS) is 25.6. The molecule has 0 spiro atoms. The standard InChI is InChI=1S/C15H13NO4S/c17-15(12-5-3-7-20-12)16-8-11-10-4-1-2-6-13(10)21(18,19)14(11)9-16/h1-7,11,14H,8-9H2. The Morgan fingerprint density at radius 3 is 2.71 bits per heavy atom. The van der Waals surface area contributed by atoms with E-state index in [-0.39, 0.29) is 24.1 Å². The molecule has 0 saturated carbocycles. The molecule has 3 heterocycles. The Bertz CT molecular complexity index is 810. The first-order valence-corrected chi connectivity index (χ1v) is 8.29. The minimum Gasteiger partial charge on any atom is -0.459 e. The summed E-state index contributed by atoms with van der Waals surface area (Å²) in [5.41, 5.74) is 0.831. The Labute approximate surface area is 122 Å². The van der Waals surface area contributed by atoms with E-state index in [1.54, 1.807) is 29.2 Å². The molecule has 2 aliphatic heterocycles. The minimum atomic E-state index is -3.34. The maximum atomic E-state index is 12.6. The van der Waals surface area contributed by atoms with Crippen LogP contribution >= 0.6 is 0 Å². The second-order valence-electron chi connectivity index (χ2n) is 5.42. The van der Waals surface area contributed by atoms with Crippen molar-refractivity contribution in [3.05, 3.63) is 54.0 Å².